The van der Waals surface area contributed by atoms with Gasteiger partial charge in [0.25, 0.3) is 0 Å². The number of fused-ring (bicyclic) bond motifs is 2. The molecule has 0 spiro atoms. The van der Waals surface area contributed by atoms with Crippen LogP contribution in [0, 0.1) is 0 Å². The van der Waals surface area contributed by atoms with Gasteiger partial charge in [0, 0.05) is 48.1 Å². The van der Waals surface area contributed by atoms with E-state index in [4.69, 9.17) is 26.3 Å². The first-order valence-corrected chi connectivity index (χ1v) is 10.6. The second-order valence-electron chi connectivity index (χ2n) is 7.29. The molecule has 1 fully saturated rings. The van der Waals surface area contributed by atoms with E-state index in [1.807, 2.05) is 6.07 Å². The Kier molecular flexibility index (Phi) is 6.19. The van der Waals surface area contributed by atoms with Crippen LogP contribution in [0.15, 0.2) is 63.3 Å². The number of nitrogens with two attached hydrogens (primary N) is 2. The molecule has 0 atom stereocenters. The molecule has 4 rings (SSSR count). The van der Waals surface area contributed by atoms with Gasteiger partial charge in [0.05, 0.1) is 18.9 Å². The number of rotatable bonds is 5. The van der Waals surface area contributed by atoms with E-state index in [1.54, 1.807) is 11.8 Å². The van der Waals surface area contributed by atoms with Gasteiger partial charge in [0.1, 0.15) is 5.84 Å². The fraction of sp³-hybridized carbons (Fsp3) is 0.381. The Morgan fingerprint density at radius 1 is 1.00 bits per heavy atom. The molecule has 2 aliphatic rings. The minimum Gasteiger partial charge on any atom is -0.390 e. The SMILES string of the molecule is NC(N)(CO)OCCN1CCN(C2=Nc3ccccc3Sc3ccccc32)CC1. The molecule has 7 nitrogen and oxygen atoms in total. The van der Waals surface area contributed by atoms with Crippen molar-refractivity contribution in [3.63, 3.8) is 0 Å². The number of piperazine rings is 1. The molecular formula is C21H27N5O2S. The summed E-state index contributed by atoms with van der Waals surface area (Å²) in [6, 6.07) is 16.8. The second kappa shape index (κ2) is 8.83. The standard InChI is InChI=1S/C21H27N5O2S/c22-21(23,15-27)28-14-13-25-9-11-26(12-10-25)20-16-5-1-3-7-18(16)29-19-8-4-2-6-17(19)24-20/h1-8,27H,9-15,22-23H2. The third kappa shape index (κ3) is 4.80. The number of hydrogen-bond donors (Lipinski definition) is 3. The van der Waals surface area contributed by atoms with Gasteiger partial charge in [0.15, 0.2) is 5.85 Å². The van der Waals surface area contributed by atoms with Gasteiger partial charge in [-0.05, 0) is 18.2 Å². The Bertz CT molecular complexity index is 881. The zero-order valence-corrected chi connectivity index (χ0v) is 17.1. The van der Waals surface area contributed by atoms with Crippen LogP contribution in [0.4, 0.5) is 5.69 Å². The quantitative estimate of drug-likeness (QED) is 0.638. The van der Waals surface area contributed by atoms with E-state index in [2.05, 4.69) is 52.3 Å². The van der Waals surface area contributed by atoms with Gasteiger partial charge >= 0.3 is 0 Å². The van der Waals surface area contributed by atoms with Crippen LogP contribution in [-0.4, -0.2) is 72.5 Å². The summed E-state index contributed by atoms with van der Waals surface area (Å²) < 4.78 is 5.35. The van der Waals surface area contributed by atoms with Crippen molar-refractivity contribution < 1.29 is 9.84 Å². The number of aliphatic hydroxyl groups excluding tert-OH is 1. The molecule has 2 aromatic carbocycles. The highest BCUT2D eigenvalue weighted by molar-refractivity contribution is 7.99. The molecule has 0 unspecified atom stereocenters. The van der Waals surface area contributed by atoms with Gasteiger partial charge in [-0.1, -0.05) is 42.1 Å². The van der Waals surface area contributed by atoms with Crippen LogP contribution >= 0.6 is 11.8 Å². The van der Waals surface area contributed by atoms with Crippen LogP contribution in [0.2, 0.25) is 0 Å². The van der Waals surface area contributed by atoms with E-state index in [1.165, 1.54) is 15.4 Å². The molecule has 0 saturated carbocycles. The highest BCUT2D eigenvalue weighted by Crippen LogP contribution is 2.40. The van der Waals surface area contributed by atoms with Crippen molar-refractivity contribution in [3.05, 3.63) is 54.1 Å². The van der Waals surface area contributed by atoms with Crippen LogP contribution in [0.3, 0.4) is 0 Å². The van der Waals surface area contributed by atoms with Crippen molar-refractivity contribution in [2.45, 2.75) is 15.6 Å². The van der Waals surface area contributed by atoms with Gasteiger partial charge < -0.3 is 14.7 Å². The predicted molar refractivity (Wildman–Crippen MR) is 115 cm³/mol. The lowest BCUT2D eigenvalue weighted by molar-refractivity contribution is -0.0776. The lowest BCUT2D eigenvalue weighted by Gasteiger charge is -2.37. The number of benzene rings is 2. The normalized spacial score (nSPS) is 17.3. The summed E-state index contributed by atoms with van der Waals surface area (Å²) in [6.07, 6.45) is 0. The first kappa shape index (κ1) is 20.3. The van der Waals surface area contributed by atoms with Crippen molar-refractivity contribution in [2.75, 3.05) is 45.9 Å². The van der Waals surface area contributed by atoms with E-state index in [0.29, 0.717) is 6.61 Å². The van der Waals surface area contributed by atoms with Crippen molar-refractivity contribution in [2.24, 2.45) is 16.5 Å². The highest BCUT2D eigenvalue weighted by atomic mass is 32.2. The fourth-order valence-electron chi connectivity index (χ4n) is 3.50. The number of ether oxygens (including phenoxy) is 1. The molecular weight excluding hydrogens is 386 g/mol. The summed E-state index contributed by atoms with van der Waals surface area (Å²) in [7, 11) is 0. The predicted octanol–water partition coefficient (Wildman–Crippen LogP) is 1.43. The van der Waals surface area contributed by atoms with Crippen LogP contribution in [0.1, 0.15) is 5.56 Å². The van der Waals surface area contributed by atoms with E-state index >= 15 is 0 Å². The van der Waals surface area contributed by atoms with Crippen LogP contribution in [0.25, 0.3) is 0 Å². The molecule has 0 bridgehead atoms. The zero-order chi connectivity index (χ0) is 20.3. The molecule has 2 aliphatic heterocycles. The van der Waals surface area contributed by atoms with Crippen LogP contribution in [-0.2, 0) is 4.74 Å². The maximum atomic E-state index is 9.07. The Morgan fingerprint density at radius 3 is 2.45 bits per heavy atom. The lowest BCUT2D eigenvalue weighted by Crippen LogP contribution is -2.56. The maximum Gasteiger partial charge on any atom is 0.193 e. The van der Waals surface area contributed by atoms with E-state index in [-0.39, 0.29) is 0 Å². The monoisotopic (exact) mass is 413 g/mol. The summed E-state index contributed by atoms with van der Waals surface area (Å²) in [4.78, 5) is 12.1. The van der Waals surface area contributed by atoms with Crippen LogP contribution in [0.5, 0.6) is 0 Å². The molecule has 8 heteroatoms. The van der Waals surface area contributed by atoms with Gasteiger partial charge in [-0.25, -0.2) is 4.99 Å². The molecule has 154 valence electrons. The second-order valence-corrected chi connectivity index (χ2v) is 8.38. The maximum absolute atomic E-state index is 9.07. The minimum absolute atomic E-state index is 0.390. The number of hydrogen-bond acceptors (Lipinski definition) is 8. The molecule has 2 aromatic rings. The molecule has 5 N–H and O–H groups in total. The van der Waals surface area contributed by atoms with Gasteiger partial charge in [-0.2, -0.15) is 0 Å². The Labute approximate surface area is 175 Å². The average Bonchev–Trinajstić information content (AvgIpc) is 2.91. The number of aliphatic imine (C=N–C) groups is 1. The van der Waals surface area contributed by atoms with Gasteiger partial charge in [-0.3, -0.25) is 16.4 Å². The third-order valence-electron chi connectivity index (χ3n) is 5.14. The van der Waals surface area contributed by atoms with Crippen molar-refractivity contribution in [1.82, 2.24) is 9.80 Å². The number of amidine groups is 1. The Morgan fingerprint density at radius 2 is 1.69 bits per heavy atom. The number of aliphatic hydroxyl groups is 1. The molecule has 2 heterocycles. The largest absolute Gasteiger partial charge is 0.390 e. The minimum atomic E-state index is -1.47. The summed E-state index contributed by atoms with van der Waals surface area (Å²) in [5, 5.41) is 9.07. The molecule has 0 aromatic heterocycles. The highest BCUT2D eigenvalue weighted by Gasteiger charge is 2.25. The first-order chi connectivity index (χ1) is 14.1. The molecule has 0 amide bonds. The Balaban J connectivity index is 1.46. The lowest BCUT2D eigenvalue weighted by atomic mass is 10.1. The van der Waals surface area contributed by atoms with E-state index < -0.39 is 12.5 Å². The van der Waals surface area contributed by atoms with E-state index in [9.17, 15) is 0 Å². The zero-order valence-electron chi connectivity index (χ0n) is 16.3. The first-order valence-electron chi connectivity index (χ1n) is 9.80. The van der Waals surface area contributed by atoms with Gasteiger partial charge in [0.2, 0.25) is 0 Å². The molecule has 0 aliphatic carbocycles. The molecule has 0 radical (unpaired) electrons. The van der Waals surface area contributed by atoms with Crippen molar-refractivity contribution >= 4 is 23.3 Å². The summed E-state index contributed by atoms with van der Waals surface area (Å²) in [6.45, 7) is 4.29. The third-order valence-corrected chi connectivity index (χ3v) is 6.28. The topological polar surface area (TPSA) is 100 Å². The van der Waals surface area contributed by atoms with Crippen molar-refractivity contribution in [1.29, 1.82) is 0 Å². The molecule has 1 saturated heterocycles. The molecule has 29 heavy (non-hydrogen) atoms. The van der Waals surface area contributed by atoms with Crippen LogP contribution < -0.4 is 11.5 Å². The smallest absolute Gasteiger partial charge is 0.193 e. The average molecular weight is 414 g/mol. The Hall–Kier alpha value is -1.94. The fourth-order valence-corrected chi connectivity index (χ4v) is 4.52. The number of para-hydroxylation sites is 1. The number of nitrogens with zero attached hydrogens (tertiary/aromatic N) is 3. The summed E-state index contributed by atoms with van der Waals surface area (Å²) in [5.41, 5.74) is 13.4. The van der Waals surface area contributed by atoms with E-state index in [0.717, 1.165) is 44.2 Å². The van der Waals surface area contributed by atoms with Gasteiger partial charge in [-0.15, -0.1) is 0 Å². The summed E-state index contributed by atoms with van der Waals surface area (Å²) in [5.74, 6) is -0.428. The van der Waals surface area contributed by atoms with Crippen molar-refractivity contribution in [3.8, 4) is 0 Å². The summed E-state index contributed by atoms with van der Waals surface area (Å²) >= 11 is 1.77.